The molecule has 2 fully saturated rings. The maximum absolute atomic E-state index is 13.7. The van der Waals surface area contributed by atoms with E-state index >= 15 is 0 Å². The number of fused-ring (bicyclic) bond motifs is 1. The Morgan fingerprint density at radius 2 is 1.76 bits per heavy atom. The molecule has 3 aromatic carbocycles. The van der Waals surface area contributed by atoms with Crippen molar-refractivity contribution in [3.63, 3.8) is 0 Å². The minimum atomic E-state index is -0.0580. The summed E-state index contributed by atoms with van der Waals surface area (Å²) in [5, 5.41) is 0. The highest BCUT2D eigenvalue weighted by Gasteiger charge is 2.60. The van der Waals surface area contributed by atoms with E-state index in [9.17, 15) is 4.79 Å². The number of carbonyl (C=O) groups is 1. The fourth-order valence-corrected chi connectivity index (χ4v) is 7.38. The smallest absolute Gasteiger partial charge is 0.254 e. The van der Waals surface area contributed by atoms with Crippen molar-refractivity contribution < 1.29 is 9.53 Å². The maximum Gasteiger partial charge on any atom is 0.254 e. The first kappa shape index (κ1) is 21.7. The van der Waals surface area contributed by atoms with E-state index < -0.39 is 0 Å². The summed E-state index contributed by atoms with van der Waals surface area (Å²) in [6.45, 7) is 5.75. The summed E-state index contributed by atoms with van der Waals surface area (Å²) >= 11 is 3.61. The number of methoxy groups -OCH3 is 1. The zero-order chi connectivity index (χ0) is 23.4. The number of ether oxygens (including phenoxy) is 1. The molecule has 4 heteroatoms. The zero-order valence-corrected chi connectivity index (χ0v) is 20.9. The number of hydrogen-bond donors (Lipinski definition) is 0. The second-order valence-corrected chi connectivity index (χ2v) is 10.8. The molecule has 3 nitrogen and oxygen atoms in total. The van der Waals surface area contributed by atoms with E-state index in [4.69, 9.17) is 4.74 Å². The Kier molecular flexibility index (Phi) is 5.18. The highest BCUT2D eigenvalue weighted by atomic mass is 79.9. The van der Waals surface area contributed by atoms with E-state index in [1.807, 2.05) is 24.3 Å². The maximum atomic E-state index is 13.7. The van der Waals surface area contributed by atoms with Gasteiger partial charge in [-0.05, 0) is 65.5 Å². The van der Waals surface area contributed by atoms with Gasteiger partial charge in [-0.15, -0.1) is 0 Å². The number of hydrogen-bond acceptors (Lipinski definition) is 2. The Bertz CT molecular complexity index is 1280. The van der Waals surface area contributed by atoms with E-state index in [1.165, 1.54) is 23.1 Å². The largest absolute Gasteiger partial charge is 0.496 e. The molecule has 1 saturated carbocycles. The van der Waals surface area contributed by atoms with Gasteiger partial charge < -0.3 is 9.64 Å². The number of para-hydroxylation sites is 1. The van der Waals surface area contributed by atoms with Gasteiger partial charge in [-0.1, -0.05) is 77.1 Å². The summed E-state index contributed by atoms with van der Waals surface area (Å²) < 4.78 is 6.60. The van der Waals surface area contributed by atoms with Crippen LogP contribution >= 0.6 is 15.9 Å². The molecule has 1 aliphatic heterocycles. The molecule has 0 spiro atoms. The van der Waals surface area contributed by atoms with E-state index in [2.05, 4.69) is 75.9 Å². The molecule has 2 bridgehead atoms. The molecule has 7 rings (SSSR count). The molecule has 172 valence electrons. The zero-order valence-electron chi connectivity index (χ0n) is 19.3. The Morgan fingerprint density at radius 1 is 1.03 bits per heavy atom. The van der Waals surface area contributed by atoms with Crippen molar-refractivity contribution >= 4 is 27.4 Å². The molecule has 1 saturated heterocycles. The third-order valence-corrected chi connectivity index (χ3v) is 9.07. The normalized spacial score (nSPS) is 26.6. The summed E-state index contributed by atoms with van der Waals surface area (Å²) in [5.41, 5.74) is 5.55. The van der Waals surface area contributed by atoms with Crippen molar-refractivity contribution in [2.24, 2.45) is 11.8 Å². The van der Waals surface area contributed by atoms with E-state index in [0.29, 0.717) is 29.1 Å². The van der Waals surface area contributed by atoms with Gasteiger partial charge in [-0.25, -0.2) is 0 Å². The third-order valence-electron chi connectivity index (χ3n) is 8.54. The second-order valence-electron chi connectivity index (χ2n) is 9.87. The predicted molar refractivity (Wildman–Crippen MR) is 139 cm³/mol. The van der Waals surface area contributed by atoms with Crippen LogP contribution in [0.5, 0.6) is 5.75 Å². The van der Waals surface area contributed by atoms with Crippen molar-refractivity contribution in [2.75, 3.05) is 20.2 Å². The molecule has 0 radical (unpaired) electrons. The Labute approximate surface area is 209 Å². The summed E-state index contributed by atoms with van der Waals surface area (Å²) in [4.78, 5) is 15.8. The van der Waals surface area contributed by atoms with Crippen molar-refractivity contribution in [3.8, 4) is 5.75 Å². The summed E-state index contributed by atoms with van der Waals surface area (Å²) in [6, 6.07) is 25.5. The molecule has 4 unspecified atom stereocenters. The van der Waals surface area contributed by atoms with Gasteiger partial charge in [0.1, 0.15) is 5.75 Å². The van der Waals surface area contributed by atoms with Crippen LogP contribution < -0.4 is 4.74 Å². The predicted octanol–water partition coefficient (Wildman–Crippen LogP) is 6.42. The van der Waals surface area contributed by atoms with Crippen molar-refractivity contribution in [1.82, 2.24) is 4.90 Å². The number of benzene rings is 3. The van der Waals surface area contributed by atoms with Crippen LogP contribution in [0.2, 0.25) is 0 Å². The number of amides is 1. The minimum absolute atomic E-state index is 0.0216. The highest BCUT2D eigenvalue weighted by molar-refractivity contribution is 9.10. The second kappa shape index (κ2) is 8.13. The number of nitrogens with zero attached hydrogens (tertiary/aromatic N) is 1. The van der Waals surface area contributed by atoms with Crippen LogP contribution in [0, 0.1) is 11.8 Å². The van der Waals surface area contributed by atoms with Crippen LogP contribution in [0.4, 0.5) is 0 Å². The fourth-order valence-electron chi connectivity index (χ4n) is 7.11. The summed E-state index contributed by atoms with van der Waals surface area (Å²) in [5.74, 6) is 2.08. The average molecular weight is 514 g/mol. The SMILES string of the molecule is C=C(C(=O)N1CC2C3CCC(c4ccc(Br)cc4)(c4ccccc43)C2C1)c1ccccc1OC. The van der Waals surface area contributed by atoms with Crippen LogP contribution in [-0.2, 0) is 10.2 Å². The lowest BCUT2D eigenvalue weighted by Gasteiger charge is -2.55. The molecule has 0 N–H and O–H groups in total. The van der Waals surface area contributed by atoms with Gasteiger partial charge in [0.15, 0.2) is 0 Å². The van der Waals surface area contributed by atoms with Gasteiger partial charge in [-0.2, -0.15) is 0 Å². The van der Waals surface area contributed by atoms with Crippen LogP contribution in [0.25, 0.3) is 5.57 Å². The first-order valence-corrected chi connectivity index (χ1v) is 12.8. The Hall–Kier alpha value is -2.85. The van der Waals surface area contributed by atoms with Gasteiger partial charge in [-0.3, -0.25) is 4.79 Å². The molecule has 4 atom stereocenters. The van der Waals surface area contributed by atoms with Gasteiger partial charge in [0.05, 0.1) is 7.11 Å². The number of likely N-dealkylation sites (tertiary alicyclic amines) is 1. The van der Waals surface area contributed by atoms with Crippen molar-refractivity contribution in [3.05, 3.63) is 106 Å². The van der Waals surface area contributed by atoms with Crippen LogP contribution in [-0.4, -0.2) is 31.0 Å². The van der Waals surface area contributed by atoms with Crippen molar-refractivity contribution in [2.45, 2.75) is 24.2 Å². The topological polar surface area (TPSA) is 29.5 Å². The molecule has 1 heterocycles. The molecule has 1 amide bonds. The molecular formula is C30H28BrNO2. The lowest BCUT2D eigenvalue weighted by molar-refractivity contribution is -0.124. The first-order chi connectivity index (χ1) is 16.5. The van der Waals surface area contributed by atoms with Gasteiger partial charge >= 0.3 is 0 Å². The van der Waals surface area contributed by atoms with Crippen molar-refractivity contribution in [1.29, 1.82) is 0 Å². The molecule has 3 aliphatic carbocycles. The monoisotopic (exact) mass is 513 g/mol. The Morgan fingerprint density at radius 3 is 2.56 bits per heavy atom. The lowest BCUT2D eigenvalue weighted by atomic mass is 9.47. The number of halogens is 1. The first-order valence-electron chi connectivity index (χ1n) is 12.0. The molecule has 0 aromatic heterocycles. The van der Waals surface area contributed by atoms with Gasteiger partial charge in [0, 0.05) is 34.1 Å². The molecule has 34 heavy (non-hydrogen) atoms. The van der Waals surface area contributed by atoms with Crippen LogP contribution in [0.1, 0.15) is 41.0 Å². The third kappa shape index (κ3) is 3.04. The lowest BCUT2D eigenvalue weighted by Crippen LogP contribution is -2.51. The number of rotatable bonds is 4. The molecule has 3 aromatic rings. The van der Waals surface area contributed by atoms with E-state index in [-0.39, 0.29) is 11.3 Å². The average Bonchev–Trinajstić information content (AvgIpc) is 3.36. The highest BCUT2D eigenvalue weighted by Crippen LogP contribution is 2.63. The fraction of sp³-hybridized carbons (Fsp3) is 0.300. The van der Waals surface area contributed by atoms with Gasteiger partial charge in [0.25, 0.3) is 5.91 Å². The molecule has 4 aliphatic rings. The van der Waals surface area contributed by atoms with Crippen LogP contribution in [0.15, 0.2) is 83.8 Å². The summed E-state index contributed by atoms with van der Waals surface area (Å²) in [7, 11) is 1.64. The van der Waals surface area contributed by atoms with Gasteiger partial charge in [0.2, 0.25) is 0 Å². The quantitative estimate of drug-likeness (QED) is 0.376. The number of carbonyl (C=O) groups excluding carboxylic acids is 1. The Balaban J connectivity index is 1.40. The van der Waals surface area contributed by atoms with E-state index in [1.54, 1.807) is 7.11 Å². The van der Waals surface area contributed by atoms with E-state index in [0.717, 1.165) is 29.5 Å². The minimum Gasteiger partial charge on any atom is -0.496 e. The molecular weight excluding hydrogens is 486 g/mol. The standard InChI is InChI=1S/C30H28BrNO2/c1-19(22-7-4-6-10-28(22)34-2)29(33)32-17-25-23-15-16-30(27(25)18-32,20-11-13-21(31)14-12-20)26-9-5-3-8-24(23)26/h3-14,23,25,27H,1,15-18H2,2H3. The summed E-state index contributed by atoms with van der Waals surface area (Å²) in [6.07, 6.45) is 2.30. The van der Waals surface area contributed by atoms with Crippen LogP contribution in [0.3, 0.4) is 0 Å².